The van der Waals surface area contributed by atoms with Crippen LogP contribution in [0.25, 0.3) is 0 Å². The molecule has 2 aromatic carbocycles. The average Bonchev–Trinajstić information content (AvgIpc) is 2.61. The number of benzene rings is 2. The fourth-order valence-electron chi connectivity index (χ4n) is 3.06. The van der Waals surface area contributed by atoms with E-state index in [9.17, 15) is 18.0 Å². The smallest absolute Gasteiger partial charge is 0.247 e. The van der Waals surface area contributed by atoms with Crippen LogP contribution >= 0.6 is 0 Å². The molecule has 26 heavy (non-hydrogen) atoms. The maximum Gasteiger partial charge on any atom is 0.247 e. The fourth-order valence-corrected chi connectivity index (χ4v) is 3.70. The molecule has 0 aromatic heterocycles. The summed E-state index contributed by atoms with van der Waals surface area (Å²) in [7, 11) is -3.41. The predicted molar refractivity (Wildman–Crippen MR) is 99.9 cm³/mol. The van der Waals surface area contributed by atoms with Gasteiger partial charge in [-0.05, 0) is 23.8 Å². The van der Waals surface area contributed by atoms with Crippen LogP contribution in [0.2, 0.25) is 0 Å². The van der Waals surface area contributed by atoms with Crippen LogP contribution in [0.1, 0.15) is 18.9 Å². The third-order valence-corrected chi connectivity index (χ3v) is 5.48. The van der Waals surface area contributed by atoms with Crippen molar-refractivity contribution in [2.45, 2.75) is 30.7 Å². The minimum atomic E-state index is -3.41. The number of fused-ring (bicyclic) bond motifs is 1. The van der Waals surface area contributed by atoms with Crippen molar-refractivity contribution in [3.05, 3.63) is 54.1 Å². The number of anilines is 2. The Morgan fingerprint density at radius 1 is 1.15 bits per heavy atom. The van der Waals surface area contributed by atoms with Crippen molar-refractivity contribution in [2.75, 3.05) is 16.5 Å². The van der Waals surface area contributed by atoms with Crippen LogP contribution in [0.5, 0.6) is 0 Å². The third kappa shape index (κ3) is 3.48. The molecule has 136 valence electrons. The highest BCUT2D eigenvalue weighted by atomic mass is 32.2. The van der Waals surface area contributed by atoms with E-state index in [0.717, 1.165) is 11.8 Å². The molecule has 0 spiro atoms. The van der Waals surface area contributed by atoms with Crippen LogP contribution in [0.15, 0.2) is 53.4 Å². The molecule has 1 aliphatic heterocycles. The predicted octanol–water partition coefficient (Wildman–Crippen LogP) is 2.40. The monoisotopic (exact) mass is 372 g/mol. The second-order valence-electron chi connectivity index (χ2n) is 6.26. The molecule has 0 saturated carbocycles. The van der Waals surface area contributed by atoms with Crippen molar-refractivity contribution in [1.82, 2.24) is 0 Å². The quantitative estimate of drug-likeness (QED) is 0.893. The van der Waals surface area contributed by atoms with Crippen LogP contribution in [0, 0.1) is 0 Å². The van der Waals surface area contributed by atoms with Crippen LogP contribution < -0.4 is 10.2 Å². The molecule has 7 heteroatoms. The number of hydrogen-bond acceptors (Lipinski definition) is 4. The number of sulfone groups is 1. The van der Waals surface area contributed by atoms with Crippen molar-refractivity contribution in [3.63, 3.8) is 0 Å². The summed E-state index contributed by atoms with van der Waals surface area (Å²) in [4.78, 5) is 26.9. The van der Waals surface area contributed by atoms with E-state index in [-0.39, 0.29) is 23.1 Å². The molecular formula is C19H20N2O4S. The van der Waals surface area contributed by atoms with E-state index < -0.39 is 15.9 Å². The highest BCUT2D eigenvalue weighted by molar-refractivity contribution is 7.90. The topological polar surface area (TPSA) is 83.6 Å². The molecule has 0 bridgehead atoms. The lowest BCUT2D eigenvalue weighted by atomic mass is 9.99. The Morgan fingerprint density at radius 3 is 2.46 bits per heavy atom. The van der Waals surface area contributed by atoms with Crippen molar-refractivity contribution in [1.29, 1.82) is 0 Å². The molecule has 1 aliphatic rings. The first-order valence-corrected chi connectivity index (χ1v) is 10.2. The van der Waals surface area contributed by atoms with Crippen LogP contribution in [0.4, 0.5) is 11.4 Å². The van der Waals surface area contributed by atoms with Gasteiger partial charge in [-0.3, -0.25) is 14.5 Å². The Labute approximate surface area is 152 Å². The van der Waals surface area contributed by atoms with E-state index in [1.165, 1.54) is 17.0 Å². The van der Waals surface area contributed by atoms with Crippen LogP contribution in [-0.2, 0) is 25.8 Å². The zero-order valence-corrected chi connectivity index (χ0v) is 15.4. The standard InChI is InChI=1S/C19H20N2O4S/c1-3-18(22)21-16-10-9-14(26(2,24)25)12-15(16)20-19(23)17(21)11-13-7-5-4-6-8-13/h4-10,12,17H,3,11H2,1-2H3,(H,20,23). The number of nitrogens with zero attached hydrogens (tertiary/aromatic N) is 1. The molecule has 0 aliphatic carbocycles. The van der Waals surface area contributed by atoms with Gasteiger partial charge in [-0.15, -0.1) is 0 Å². The van der Waals surface area contributed by atoms with Gasteiger partial charge in [-0.1, -0.05) is 37.3 Å². The Balaban J connectivity index is 2.06. The highest BCUT2D eigenvalue weighted by Crippen LogP contribution is 2.35. The number of hydrogen-bond donors (Lipinski definition) is 1. The zero-order chi connectivity index (χ0) is 18.9. The van der Waals surface area contributed by atoms with Gasteiger partial charge in [0.15, 0.2) is 9.84 Å². The van der Waals surface area contributed by atoms with Gasteiger partial charge in [0.2, 0.25) is 11.8 Å². The summed E-state index contributed by atoms with van der Waals surface area (Å²) in [6.45, 7) is 1.74. The van der Waals surface area contributed by atoms with Crippen LogP contribution in [0.3, 0.4) is 0 Å². The molecule has 1 atom stereocenters. The molecule has 2 aromatic rings. The average molecular weight is 372 g/mol. The first-order valence-electron chi connectivity index (χ1n) is 8.32. The summed E-state index contributed by atoms with van der Waals surface area (Å²) in [5.41, 5.74) is 1.80. The molecule has 0 saturated heterocycles. The van der Waals surface area contributed by atoms with Gasteiger partial charge in [-0.25, -0.2) is 8.42 Å². The van der Waals surface area contributed by atoms with Gasteiger partial charge in [0, 0.05) is 19.1 Å². The summed E-state index contributed by atoms with van der Waals surface area (Å²) in [5, 5.41) is 2.75. The Bertz CT molecular complexity index is 955. The molecule has 1 N–H and O–H groups in total. The SMILES string of the molecule is CCC(=O)N1c2ccc(S(C)(=O)=O)cc2NC(=O)C1Cc1ccccc1. The van der Waals surface area contributed by atoms with Gasteiger partial charge < -0.3 is 5.32 Å². The lowest BCUT2D eigenvalue weighted by molar-refractivity contribution is -0.123. The zero-order valence-electron chi connectivity index (χ0n) is 14.6. The molecule has 1 heterocycles. The summed E-state index contributed by atoms with van der Waals surface area (Å²) in [6.07, 6.45) is 1.73. The molecule has 3 rings (SSSR count). The normalized spacial score (nSPS) is 16.8. The number of carbonyl (C=O) groups is 2. The Hall–Kier alpha value is -2.67. The molecular weight excluding hydrogens is 352 g/mol. The molecule has 0 fully saturated rings. The minimum absolute atomic E-state index is 0.0990. The molecule has 2 amide bonds. The largest absolute Gasteiger partial charge is 0.322 e. The summed E-state index contributed by atoms with van der Waals surface area (Å²) in [6, 6.07) is 13.2. The van der Waals surface area contributed by atoms with Gasteiger partial charge in [0.25, 0.3) is 0 Å². The molecule has 6 nitrogen and oxygen atoms in total. The lowest BCUT2D eigenvalue weighted by Gasteiger charge is -2.36. The number of nitrogens with one attached hydrogen (secondary N) is 1. The lowest BCUT2D eigenvalue weighted by Crippen LogP contribution is -2.52. The van der Waals surface area contributed by atoms with E-state index in [0.29, 0.717) is 17.8 Å². The number of carbonyl (C=O) groups excluding carboxylic acids is 2. The van der Waals surface area contributed by atoms with Crippen molar-refractivity contribution >= 4 is 33.0 Å². The van der Waals surface area contributed by atoms with Crippen molar-refractivity contribution in [3.8, 4) is 0 Å². The fraction of sp³-hybridized carbons (Fsp3) is 0.263. The summed E-state index contributed by atoms with van der Waals surface area (Å²) >= 11 is 0. The Kier molecular flexibility index (Phi) is 4.82. The van der Waals surface area contributed by atoms with Crippen molar-refractivity contribution < 1.29 is 18.0 Å². The van der Waals surface area contributed by atoms with E-state index in [1.807, 2.05) is 30.3 Å². The van der Waals surface area contributed by atoms with E-state index in [2.05, 4.69) is 5.32 Å². The highest BCUT2D eigenvalue weighted by Gasteiger charge is 2.36. The van der Waals surface area contributed by atoms with Gasteiger partial charge >= 0.3 is 0 Å². The van der Waals surface area contributed by atoms with Crippen molar-refractivity contribution in [2.24, 2.45) is 0 Å². The van der Waals surface area contributed by atoms with E-state index in [4.69, 9.17) is 0 Å². The number of amides is 2. The van der Waals surface area contributed by atoms with Gasteiger partial charge in [0.1, 0.15) is 6.04 Å². The second-order valence-corrected chi connectivity index (χ2v) is 8.28. The van der Waals surface area contributed by atoms with E-state index in [1.54, 1.807) is 13.0 Å². The van der Waals surface area contributed by atoms with Crippen LogP contribution in [-0.4, -0.2) is 32.5 Å². The molecule has 1 unspecified atom stereocenters. The second kappa shape index (κ2) is 6.92. The third-order valence-electron chi connectivity index (χ3n) is 4.37. The van der Waals surface area contributed by atoms with Gasteiger partial charge in [0.05, 0.1) is 16.3 Å². The summed E-state index contributed by atoms with van der Waals surface area (Å²) < 4.78 is 23.6. The first kappa shape index (κ1) is 18.1. The van der Waals surface area contributed by atoms with Gasteiger partial charge in [-0.2, -0.15) is 0 Å². The minimum Gasteiger partial charge on any atom is -0.322 e. The molecule has 0 radical (unpaired) electrons. The first-order chi connectivity index (χ1) is 12.3. The Morgan fingerprint density at radius 2 is 1.85 bits per heavy atom. The number of rotatable bonds is 4. The van der Waals surface area contributed by atoms with E-state index >= 15 is 0 Å². The summed E-state index contributed by atoms with van der Waals surface area (Å²) in [5.74, 6) is -0.511. The maximum atomic E-state index is 12.7. The maximum absolute atomic E-state index is 12.7.